The predicted octanol–water partition coefficient (Wildman–Crippen LogP) is 3.36. The lowest BCUT2D eigenvalue weighted by Crippen LogP contribution is -2.74. The average Bonchev–Trinajstić information content (AvgIpc) is 2.65. The molecule has 134 valence electrons. The zero-order valence-electron chi connectivity index (χ0n) is 15.2. The molecule has 4 nitrogen and oxygen atoms in total. The summed E-state index contributed by atoms with van der Waals surface area (Å²) in [4.78, 5) is 5.56. The lowest BCUT2D eigenvalue weighted by atomic mass is 10.1. The Balaban J connectivity index is 1.54. The molecule has 5 heteroatoms. The first-order chi connectivity index (χ1) is 12.6. The van der Waals surface area contributed by atoms with E-state index in [1.807, 2.05) is 38.1 Å². The summed E-state index contributed by atoms with van der Waals surface area (Å²) < 4.78 is 2.37. The highest BCUT2D eigenvalue weighted by Crippen LogP contribution is 2.29. The van der Waals surface area contributed by atoms with Crippen LogP contribution in [0.5, 0.6) is 0 Å². The predicted molar refractivity (Wildman–Crippen MR) is 105 cm³/mol. The number of hydrogen-bond acceptors (Lipinski definition) is 4. The van der Waals surface area contributed by atoms with Crippen LogP contribution in [0.1, 0.15) is 29.8 Å². The van der Waals surface area contributed by atoms with Gasteiger partial charge in [-0.2, -0.15) is 5.48 Å². The van der Waals surface area contributed by atoms with E-state index in [0.29, 0.717) is 0 Å². The number of hydrogen-bond donors (Lipinski definition) is 2. The van der Waals surface area contributed by atoms with Gasteiger partial charge in [0.2, 0.25) is 0 Å². The summed E-state index contributed by atoms with van der Waals surface area (Å²) in [5, 5.41) is 9.29. The van der Waals surface area contributed by atoms with E-state index in [9.17, 15) is 5.21 Å². The van der Waals surface area contributed by atoms with E-state index in [0.717, 1.165) is 53.5 Å². The van der Waals surface area contributed by atoms with Gasteiger partial charge >= 0.3 is 0 Å². The van der Waals surface area contributed by atoms with E-state index >= 15 is 0 Å². The first-order valence-corrected chi connectivity index (χ1v) is 9.55. The van der Waals surface area contributed by atoms with Gasteiger partial charge in [0.25, 0.3) is 0 Å². The number of quaternary nitrogens is 1. The Labute approximate surface area is 159 Å². The molecule has 1 aromatic heterocycles. The summed E-state index contributed by atoms with van der Waals surface area (Å²) in [6.45, 7) is 5.99. The molecule has 0 atom stereocenters. The summed E-state index contributed by atoms with van der Waals surface area (Å²) in [5.41, 5.74) is 6.36. The zero-order chi connectivity index (χ0) is 18.4. The monoisotopic (exact) mass is 366 g/mol. The van der Waals surface area contributed by atoms with E-state index in [-0.39, 0.29) is 0 Å². The molecule has 26 heavy (non-hydrogen) atoms. The molecule has 1 saturated heterocycles. The Kier molecular flexibility index (Phi) is 6.48. The van der Waals surface area contributed by atoms with Crippen LogP contribution in [-0.2, 0) is 0 Å². The Morgan fingerprint density at radius 1 is 1.19 bits per heavy atom. The lowest BCUT2D eigenvalue weighted by Gasteiger charge is -2.26. The van der Waals surface area contributed by atoms with Crippen LogP contribution >= 0.6 is 11.9 Å². The molecule has 0 unspecified atom stereocenters. The van der Waals surface area contributed by atoms with Crippen molar-refractivity contribution in [3.05, 3.63) is 65.0 Å². The number of aryl methyl sites for hydroxylation is 2. The van der Waals surface area contributed by atoms with E-state index in [1.54, 1.807) is 11.9 Å². The Bertz CT molecular complexity index is 857. The fraction of sp³-hybridized carbons (Fsp3) is 0.286. The van der Waals surface area contributed by atoms with Gasteiger partial charge < -0.3 is 0 Å². The number of rotatable bonds is 3. The van der Waals surface area contributed by atoms with Crippen LogP contribution in [0.4, 0.5) is 5.69 Å². The van der Waals surface area contributed by atoms with Crippen LogP contribution in [0.15, 0.2) is 52.9 Å². The maximum Gasteiger partial charge on any atom is 0.165 e. The van der Waals surface area contributed by atoms with Crippen molar-refractivity contribution in [2.75, 3.05) is 13.1 Å². The minimum atomic E-state index is 0.825. The summed E-state index contributed by atoms with van der Waals surface area (Å²) >= 11 is 1.76. The minimum Gasteiger partial charge on any atom is -0.246 e. The molecule has 2 aromatic rings. The average molecular weight is 367 g/mol. The molecular weight excluding hydrogens is 342 g/mol. The highest BCUT2D eigenvalue weighted by Gasteiger charge is 2.15. The van der Waals surface area contributed by atoms with E-state index in [2.05, 4.69) is 39.3 Å². The maximum absolute atomic E-state index is 9.29. The van der Waals surface area contributed by atoms with Gasteiger partial charge in [0.15, 0.2) is 5.69 Å². The molecule has 3 N–H and O–H groups in total. The molecule has 0 radical (unpaired) electrons. The Hall–Kier alpha value is -2.10. The molecule has 2 heterocycles. The largest absolute Gasteiger partial charge is 0.246 e. The third-order valence-electron chi connectivity index (χ3n) is 4.35. The molecule has 0 bridgehead atoms. The minimum absolute atomic E-state index is 0.825. The third-order valence-corrected chi connectivity index (χ3v) is 5.44. The van der Waals surface area contributed by atoms with Crippen molar-refractivity contribution >= 4 is 17.6 Å². The van der Waals surface area contributed by atoms with Crippen LogP contribution in [-0.4, -0.2) is 27.6 Å². The van der Waals surface area contributed by atoms with Gasteiger partial charge in [0, 0.05) is 35.3 Å². The van der Waals surface area contributed by atoms with Crippen molar-refractivity contribution in [1.29, 1.82) is 0 Å². The molecular formula is C21H24N3OS+. The van der Waals surface area contributed by atoms with Crippen molar-refractivity contribution in [3.63, 3.8) is 0 Å². The zero-order valence-corrected chi connectivity index (χ0v) is 16.0. The van der Waals surface area contributed by atoms with Gasteiger partial charge in [-0.3, -0.25) is 0 Å². The van der Waals surface area contributed by atoms with Crippen LogP contribution in [0, 0.1) is 25.7 Å². The van der Waals surface area contributed by atoms with Gasteiger partial charge in [-0.15, -0.1) is 0 Å². The van der Waals surface area contributed by atoms with Crippen molar-refractivity contribution in [1.82, 2.24) is 9.29 Å². The number of aromatic nitrogens is 1. The normalized spacial score (nSPS) is 14.7. The second kappa shape index (κ2) is 9.02. The lowest BCUT2D eigenvalue weighted by molar-refractivity contribution is -0.826. The van der Waals surface area contributed by atoms with E-state index < -0.39 is 0 Å². The van der Waals surface area contributed by atoms with E-state index in [4.69, 9.17) is 0 Å². The van der Waals surface area contributed by atoms with Gasteiger partial charge in [0.05, 0.1) is 0 Å². The summed E-state index contributed by atoms with van der Waals surface area (Å²) in [6, 6.07) is 12.1. The topological polar surface area (TPSA) is 53.0 Å². The molecule has 1 aromatic carbocycles. The maximum atomic E-state index is 9.29. The molecule has 0 aliphatic carbocycles. The number of nitrogens with two attached hydrogens (primary N) is 1. The summed E-state index contributed by atoms with van der Waals surface area (Å²) in [7, 11) is 0. The molecule has 1 aliphatic heterocycles. The second-order valence-corrected chi connectivity index (χ2v) is 7.57. The highest BCUT2D eigenvalue weighted by molar-refractivity contribution is 7.97. The molecule has 3 rings (SSSR count). The number of piperidine rings is 1. The van der Waals surface area contributed by atoms with Gasteiger partial charge in [0.1, 0.15) is 5.69 Å². The smallest absolute Gasteiger partial charge is 0.165 e. The van der Waals surface area contributed by atoms with E-state index in [1.165, 1.54) is 11.1 Å². The van der Waals surface area contributed by atoms with Crippen LogP contribution < -0.4 is 5.48 Å². The van der Waals surface area contributed by atoms with Crippen molar-refractivity contribution < 1.29 is 10.7 Å². The van der Waals surface area contributed by atoms with Crippen LogP contribution in [0.2, 0.25) is 0 Å². The number of benzene rings is 1. The SMILES string of the molecule is Cc1cccc(C#CC=C2CCN(Sc3ccc(C)c([NH2+]O)c3)CC2)n1. The third kappa shape index (κ3) is 5.20. The Morgan fingerprint density at radius 3 is 2.73 bits per heavy atom. The summed E-state index contributed by atoms with van der Waals surface area (Å²) in [5.74, 6) is 6.27. The second-order valence-electron chi connectivity index (χ2n) is 6.40. The van der Waals surface area contributed by atoms with Crippen molar-refractivity contribution in [2.24, 2.45) is 0 Å². The number of allylic oxidation sites excluding steroid dienone is 1. The first kappa shape index (κ1) is 18.7. The molecule has 1 aliphatic rings. The first-order valence-electron chi connectivity index (χ1n) is 8.78. The summed E-state index contributed by atoms with van der Waals surface area (Å²) in [6.07, 6.45) is 4.12. The molecule has 0 spiro atoms. The molecule has 0 amide bonds. The standard InChI is InChI=1S/C21H23N3OS/c1-16-9-10-20(15-21(16)23-25)26-24-13-11-18(12-14-24)6-4-8-19-7-3-5-17(2)22-19/h3,5-7,9-10,15,23,25H,11-14H2,1-2H3/p+1. The van der Waals surface area contributed by atoms with Crippen molar-refractivity contribution in [2.45, 2.75) is 31.6 Å². The molecule has 1 fully saturated rings. The number of nitrogens with zero attached hydrogens (tertiary/aromatic N) is 2. The quantitative estimate of drug-likeness (QED) is 0.379. The van der Waals surface area contributed by atoms with Crippen LogP contribution in [0.3, 0.4) is 0 Å². The Morgan fingerprint density at radius 2 is 2.00 bits per heavy atom. The fourth-order valence-electron chi connectivity index (χ4n) is 2.80. The van der Waals surface area contributed by atoms with Crippen LogP contribution in [0.25, 0.3) is 0 Å². The van der Waals surface area contributed by atoms with Gasteiger partial charge in [-0.05, 0) is 68.8 Å². The molecule has 0 saturated carbocycles. The van der Waals surface area contributed by atoms with Gasteiger partial charge in [-0.1, -0.05) is 23.6 Å². The van der Waals surface area contributed by atoms with Crippen molar-refractivity contribution in [3.8, 4) is 11.8 Å². The highest BCUT2D eigenvalue weighted by atomic mass is 32.2. The number of pyridine rings is 1. The fourth-order valence-corrected chi connectivity index (χ4v) is 3.77. The van der Waals surface area contributed by atoms with Gasteiger partial charge in [-0.25, -0.2) is 14.5 Å².